The largest absolute Gasteiger partial charge is 0.478 e. The lowest BCUT2D eigenvalue weighted by Crippen LogP contribution is -2.40. The Morgan fingerprint density at radius 3 is 2.79 bits per heavy atom. The van der Waals surface area contributed by atoms with Gasteiger partial charge in [0.25, 0.3) is 0 Å². The molecule has 7 nitrogen and oxygen atoms in total. The predicted molar refractivity (Wildman–Crippen MR) is 103 cm³/mol. The van der Waals surface area contributed by atoms with Crippen molar-refractivity contribution in [2.45, 2.75) is 13.1 Å². The molecule has 8 heteroatoms. The minimum absolute atomic E-state index is 0.0977. The molecule has 0 aliphatic carbocycles. The van der Waals surface area contributed by atoms with Gasteiger partial charge in [0, 0.05) is 37.9 Å². The van der Waals surface area contributed by atoms with Gasteiger partial charge in [-0.25, -0.2) is 9.18 Å². The number of aromatic carboxylic acids is 1. The number of amides is 1. The summed E-state index contributed by atoms with van der Waals surface area (Å²) in [5.41, 5.74) is 1.70. The zero-order valence-electron chi connectivity index (χ0n) is 15.9. The molecule has 3 rings (SSSR count). The molecule has 0 saturated heterocycles. The Morgan fingerprint density at radius 1 is 1.29 bits per heavy atom. The Hall–Kier alpha value is -2.84. The van der Waals surface area contributed by atoms with Crippen LogP contribution in [0.2, 0.25) is 0 Å². The zero-order chi connectivity index (χ0) is 20.3. The van der Waals surface area contributed by atoms with Crippen molar-refractivity contribution in [2.75, 3.05) is 38.6 Å². The molecule has 0 saturated carbocycles. The van der Waals surface area contributed by atoms with Crippen molar-refractivity contribution < 1.29 is 19.1 Å². The number of aromatic nitrogens is 1. The third kappa shape index (κ3) is 4.52. The molecule has 0 spiro atoms. The predicted octanol–water partition coefficient (Wildman–Crippen LogP) is 1.83. The lowest BCUT2D eigenvalue weighted by atomic mass is 10.1. The van der Waals surface area contributed by atoms with Gasteiger partial charge in [0.1, 0.15) is 5.82 Å². The number of halogens is 1. The van der Waals surface area contributed by atoms with Crippen LogP contribution in [-0.4, -0.2) is 65.5 Å². The van der Waals surface area contributed by atoms with E-state index in [-0.39, 0.29) is 36.9 Å². The SMILES string of the molecule is CN(C)CCN1C(=O)CN(Cc2cc(C(=O)O)ccn2)Cc2c(F)cccc21. The van der Waals surface area contributed by atoms with Crippen molar-refractivity contribution in [2.24, 2.45) is 0 Å². The van der Waals surface area contributed by atoms with Crippen LogP contribution in [0.15, 0.2) is 36.5 Å². The number of carboxylic acid groups (broad SMARTS) is 1. The van der Waals surface area contributed by atoms with Gasteiger partial charge < -0.3 is 14.9 Å². The number of benzene rings is 1. The average molecular weight is 386 g/mol. The van der Waals surface area contributed by atoms with Crippen molar-refractivity contribution >= 4 is 17.6 Å². The summed E-state index contributed by atoms with van der Waals surface area (Å²) in [5, 5.41) is 9.15. The third-order valence-corrected chi connectivity index (χ3v) is 4.65. The number of pyridine rings is 1. The molecule has 2 heterocycles. The molecule has 1 aliphatic rings. The molecular formula is C20H23FN4O3. The van der Waals surface area contributed by atoms with Crippen LogP contribution in [0, 0.1) is 5.82 Å². The molecule has 148 valence electrons. The second kappa shape index (κ2) is 8.45. The molecule has 1 amide bonds. The van der Waals surface area contributed by atoms with E-state index in [9.17, 15) is 14.0 Å². The van der Waals surface area contributed by atoms with Crippen LogP contribution in [0.5, 0.6) is 0 Å². The quantitative estimate of drug-likeness (QED) is 0.816. The number of likely N-dealkylation sites (N-methyl/N-ethyl adjacent to an activating group) is 1. The summed E-state index contributed by atoms with van der Waals surface area (Å²) < 4.78 is 14.6. The molecule has 1 N–H and O–H groups in total. The maximum absolute atomic E-state index is 14.6. The third-order valence-electron chi connectivity index (χ3n) is 4.65. The summed E-state index contributed by atoms with van der Waals surface area (Å²) in [5.74, 6) is -1.53. The summed E-state index contributed by atoms with van der Waals surface area (Å²) in [7, 11) is 3.84. The van der Waals surface area contributed by atoms with E-state index in [1.807, 2.05) is 19.0 Å². The topological polar surface area (TPSA) is 77.0 Å². The van der Waals surface area contributed by atoms with E-state index >= 15 is 0 Å². The van der Waals surface area contributed by atoms with Gasteiger partial charge in [-0.3, -0.25) is 14.7 Å². The van der Waals surface area contributed by atoms with E-state index in [1.165, 1.54) is 24.4 Å². The highest BCUT2D eigenvalue weighted by molar-refractivity contribution is 5.96. The molecule has 0 bridgehead atoms. The molecule has 0 radical (unpaired) electrons. The van der Waals surface area contributed by atoms with Crippen LogP contribution in [0.3, 0.4) is 0 Å². The number of hydrogen-bond donors (Lipinski definition) is 1. The highest BCUT2D eigenvalue weighted by Crippen LogP contribution is 2.28. The minimum atomic E-state index is -1.04. The van der Waals surface area contributed by atoms with E-state index in [2.05, 4.69) is 4.98 Å². The number of anilines is 1. The molecule has 0 fully saturated rings. The minimum Gasteiger partial charge on any atom is -0.478 e. The van der Waals surface area contributed by atoms with Crippen molar-refractivity contribution in [1.82, 2.24) is 14.8 Å². The summed E-state index contributed by atoms with van der Waals surface area (Å²) in [6, 6.07) is 7.65. The van der Waals surface area contributed by atoms with Crippen molar-refractivity contribution in [3.05, 3.63) is 59.2 Å². The van der Waals surface area contributed by atoms with Gasteiger partial charge in [-0.15, -0.1) is 0 Å². The van der Waals surface area contributed by atoms with Gasteiger partial charge in [-0.05, 0) is 38.4 Å². The Bertz CT molecular complexity index is 888. The number of nitrogens with zero attached hydrogens (tertiary/aromatic N) is 4. The van der Waals surface area contributed by atoms with Gasteiger partial charge in [0.2, 0.25) is 5.91 Å². The van der Waals surface area contributed by atoms with Gasteiger partial charge in [0.15, 0.2) is 0 Å². The van der Waals surface area contributed by atoms with Crippen molar-refractivity contribution in [3.8, 4) is 0 Å². The number of carbonyl (C=O) groups is 2. The highest BCUT2D eigenvalue weighted by atomic mass is 19.1. The monoisotopic (exact) mass is 386 g/mol. The number of hydrogen-bond acceptors (Lipinski definition) is 5. The van der Waals surface area contributed by atoms with Crippen molar-refractivity contribution in [3.63, 3.8) is 0 Å². The van der Waals surface area contributed by atoms with E-state index in [0.717, 1.165) is 0 Å². The Balaban J connectivity index is 1.89. The van der Waals surface area contributed by atoms with E-state index in [1.54, 1.807) is 21.9 Å². The number of fused-ring (bicyclic) bond motifs is 1. The maximum Gasteiger partial charge on any atom is 0.335 e. The van der Waals surface area contributed by atoms with E-state index < -0.39 is 5.97 Å². The fourth-order valence-electron chi connectivity index (χ4n) is 3.23. The number of rotatable bonds is 6. The van der Waals surface area contributed by atoms with Gasteiger partial charge >= 0.3 is 5.97 Å². The molecule has 1 aliphatic heterocycles. The second-order valence-corrected chi connectivity index (χ2v) is 7.07. The van der Waals surface area contributed by atoms with Gasteiger partial charge in [0.05, 0.1) is 23.5 Å². The Kier molecular flexibility index (Phi) is 6.01. The fourth-order valence-corrected chi connectivity index (χ4v) is 3.23. The first kappa shape index (κ1) is 19.9. The molecule has 0 atom stereocenters. The lowest BCUT2D eigenvalue weighted by Gasteiger charge is -2.24. The molecule has 1 aromatic heterocycles. The summed E-state index contributed by atoms with van der Waals surface area (Å²) in [6.07, 6.45) is 1.43. The zero-order valence-corrected chi connectivity index (χ0v) is 15.9. The number of carboxylic acids is 1. The van der Waals surface area contributed by atoms with E-state index in [4.69, 9.17) is 5.11 Å². The fraction of sp³-hybridized carbons (Fsp3) is 0.350. The standard InChI is InChI=1S/C20H23FN4O3/c1-23(2)8-9-25-18-5-3-4-17(21)16(18)12-24(13-19(25)26)11-15-10-14(20(27)28)6-7-22-15/h3-7,10H,8-9,11-13H2,1-2H3,(H,27,28). The van der Waals surface area contributed by atoms with Gasteiger partial charge in [-0.2, -0.15) is 0 Å². The van der Waals surface area contributed by atoms with Crippen LogP contribution >= 0.6 is 0 Å². The van der Waals surface area contributed by atoms with E-state index in [0.29, 0.717) is 30.0 Å². The van der Waals surface area contributed by atoms with Crippen LogP contribution in [0.1, 0.15) is 21.6 Å². The Morgan fingerprint density at radius 2 is 2.07 bits per heavy atom. The van der Waals surface area contributed by atoms with Gasteiger partial charge in [-0.1, -0.05) is 6.07 Å². The highest BCUT2D eigenvalue weighted by Gasteiger charge is 2.28. The van der Waals surface area contributed by atoms with Crippen LogP contribution in [0.25, 0.3) is 0 Å². The molecular weight excluding hydrogens is 363 g/mol. The first-order chi connectivity index (χ1) is 13.3. The summed E-state index contributed by atoms with van der Waals surface area (Å²) in [4.78, 5) is 33.7. The number of carbonyl (C=O) groups excluding carboxylic acids is 1. The summed E-state index contributed by atoms with van der Waals surface area (Å²) in [6.45, 7) is 1.71. The van der Waals surface area contributed by atoms with Crippen LogP contribution in [0.4, 0.5) is 10.1 Å². The first-order valence-corrected chi connectivity index (χ1v) is 8.98. The van der Waals surface area contributed by atoms with Crippen LogP contribution < -0.4 is 4.90 Å². The average Bonchev–Trinajstić information content (AvgIpc) is 2.77. The normalized spacial score (nSPS) is 14.9. The first-order valence-electron chi connectivity index (χ1n) is 8.98. The summed E-state index contributed by atoms with van der Waals surface area (Å²) >= 11 is 0. The maximum atomic E-state index is 14.6. The smallest absolute Gasteiger partial charge is 0.335 e. The molecule has 0 unspecified atom stereocenters. The molecule has 2 aromatic rings. The van der Waals surface area contributed by atoms with Crippen molar-refractivity contribution in [1.29, 1.82) is 0 Å². The lowest BCUT2D eigenvalue weighted by molar-refractivity contribution is -0.119. The molecule has 28 heavy (non-hydrogen) atoms. The Labute approximate surface area is 163 Å². The van der Waals surface area contributed by atoms with Crippen LogP contribution in [-0.2, 0) is 17.9 Å². The molecule has 1 aromatic carbocycles. The second-order valence-electron chi connectivity index (χ2n) is 7.07.